The van der Waals surface area contributed by atoms with Gasteiger partial charge in [0.1, 0.15) is 0 Å². The first-order chi connectivity index (χ1) is 10.1. The van der Waals surface area contributed by atoms with Gasteiger partial charge < -0.3 is 0 Å². The first kappa shape index (κ1) is 14.7. The fraction of sp³-hybridized carbons (Fsp3) is 0.188. The first-order valence-electron chi connectivity index (χ1n) is 6.68. The van der Waals surface area contributed by atoms with Gasteiger partial charge in [-0.15, -0.1) is 0 Å². The van der Waals surface area contributed by atoms with Crippen LogP contribution < -0.4 is 10.9 Å². The van der Waals surface area contributed by atoms with Crippen LogP contribution in [0.15, 0.2) is 48.8 Å². The lowest BCUT2D eigenvalue weighted by Gasteiger charge is -2.09. The second kappa shape index (κ2) is 6.65. The maximum absolute atomic E-state index is 11.9. The summed E-state index contributed by atoms with van der Waals surface area (Å²) in [5.74, 6) is -0.356. The molecule has 0 saturated heterocycles. The molecule has 0 aliphatic heterocycles. The summed E-state index contributed by atoms with van der Waals surface area (Å²) in [6.07, 6.45) is 3.00. The number of carbonyl (C=O) groups excluding carboxylic acids is 2. The highest BCUT2D eigenvalue weighted by molar-refractivity contribution is 5.98. The molecule has 2 N–H and O–H groups in total. The van der Waals surface area contributed by atoms with Crippen molar-refractivity contribution in [1.82, 2.24) is 15.8 Å². The number of nitrogens with zero attached hydrogens (tertiary/aromatic N) is 1. The predicted octanol–water partition coefficient (Wildman–Crippen LogP) is 2.28. The Hall–Kier alpha value is -2.69. The van der Waals surface area contributed by atoms with Crippen molar-refractivity contribution in [3.05, 3.63) is 65.5 Å². The van der Waals surface area contributed by atoms with E-state index in [0.717, 1.165) is 5.56 Å². The number of benzene rings is 1. The van der Waals surface area contributed by atoms with Crippen LogP contribution in [0.1, 0.15) is 46.0 Å². The molecule has 0 unspecified atom stereocenters. The van der Waals surface area contributed by atoms with Gasteiger partial charge in [-0.05, 0) is 35.7 Å². The SMILES string of the molecule is CC(C)c1ccc(C(=O)NNC(=O)c2cccnc2)cc1. The second-order valence-corrected chi connectivity index (χ2v) is 4.93. The van der Waals surface area contributed by atoms with Gasteiger partial charge in [-0.3, -0.25) is 25.4 Å². The highest BCUT2D eigenvalue weighted by Gasteiger charge is 2.09. The van der Waals surface area contributed by atoms with E-state index in [-0.39, 0.29) is 5.91 Å². The standard InChI is InChI=1S/C16H17N3O2/c1-11(2)12-5-7-13(8-6-12)15(20)18-19-16(21)14-4-3-9-17-10-14/h3-11H,1-2H3,(H,18,20)(H,19,21). The minimum Gasteiger partial charge on any atom is -0.267 e. The molecule has 1 heterocycles. The maximum atomic E-state index is 11.9. The van der Waals surface area contributed by atoms with Gasteiger partial charge in [0, 0.05) is 18.0 Å². The van der Waals surface area contributed by atoms with Crippen molar-refractivity contribution < 1.29 is 9.59 Å². The lowest BCUT2D eigenvalue weighted by molar-refractivity contribution is 0.0846. The third-order valence-electron chi connectivity index (χ3n) is 3.05. The van der Waals surface area contributed by atoms with E-state index < -0.39 is 5.91 Å². The Bertz CT molecular complexity index is 622. The summed E-state index contributed by atoms with van der Waals surface area (Å²) in [6, 6.07) is 10.6. The molecule has 0 aliphatic carbocycles. The monoisotopic (exact) mass is 283 g/mol. The highest BCUT2D eigenvalue weighted by atomic mass is 16.2. The molecule has 21 heavy (non-hydrogen) atoms. The van der Waals surface area contributed by atoms with Crippen LogP contribution in [0, 0.1) is 0 Å². The fourth-order valence-electron chi connectivity index (χ4n) is 1.77. The maximum Gasteiger partial charge on any atom is 0.271 e. The van der Waals surface area contributed by atoms with Gasteiger partial charge in [0.2, 0.25) is 0 Å². The predicted molar refractivity (Wildman–Crippen MR) is 79.7 cm³/mol. The van der Waals surface area contributed by atoms with Crippen LogP contribution in [0.4, 0.5) is 0 Å². The van der Waals surface area contributed by atoms with E-state index in [1.54, 1.807) is 30.5 Å². The fourth-order valence-corrected chi connectivity index (χ4v) is 1.77. The van der Waals surface area contributed by atoms with Crippen molar-refractivity contribution in [1.29, 1.82) is 0 Å². The molecule has 1 aromatic carbocycles. The molecular formula is C16H17N3O2. The van der Waals surface area contributed by atoms with Crippen molar-refractivity contribution >= 4 is 11.8 Å². The molecule has 0 radical (unpaired) electrons. The quantitative estimate of drug-likeness (QED) is 0.849. The van der Waals surface area contributed by atoms with Crippen LogP contribution in [0.25, 0.3) is 0 Å². The molecule has 0 aliphatic rings. The van der Waals surface area contributed by atoms with E-state index in [0.29, 0.717) is 17.0 Å². The summed E-state index contributed by atoms with van der Waals surface area (Å²) >= 11 is 0. The van der Waals surface area contributed by atoms with Gasteiger partial charge in [0.05, 0.1) is 5.56 Å². The zero-order valence-corrected chi connectivity index (χ0v) is 12.0. The Labute approximate surface area is 123 Å². The Morgan fingerprint density at radius 1 is 0.952 bits per heavy atom. The number of nitrogens with one attached hydrogen (secondary N) is 2. The van der Waals surface area contributed by atoms with Gasteiger partial charge in [0.15, 0.2) is 0 Å². The molecule has 5 nitrogen and oxygen atoms in total. The second-order valence-electron chi connectivity index (χ2n) is 4.93. The Morgan fingerprint density at radius 2 is 1.57 bits per heavy atom. The minimum absolute atomic E-state index is 0.359. The molecule has 0 atom stereocenters. The summed E-state index contributed by atoms with van der Waals surface area (Å²) in [5.41, 5.74) is 6.77. The van der Waals surface area contributed by atoms with E-state index in [1.165, 1.54) is 6.20 Å². The summed E-state index contributed by atoms with van der Waals surface area (Å²) in [4.78, 5) is 27.5. The molecule has 5 heteroatoms. The third kappa shape index (κ3) is 3.89. The molecule has 0 spiro atoms. The largest absolute Gasteiger partial charge is 0.271 e. The van der Waals surface area contributed by atoms with Crippen LogP contribution in [0.3, 0.4) is 0 Å². The van der Waals surface area contributed by atoms with Gasteiger partial charge in [0.25, 0.3) is 11.8 Å². The van der Waals surface area contributed by atoms with Gasteiger partial charge in [-0.25, -0.2) is 0 Å². The number of rotatable bonds is 3. The Morgan fingerprint density at radius 3 is 2.10 bits per heavy atom. The van der Waals surface area contributed by atoms with Gasteiger partial charge >= 0.3 is 0 Å². The van der Waals surface area contributed by atoms with E-state index in [1.807, 2.05) is 12.1 Å². The van der Waals surface area contributed by atoms with Gasteiger partial charge in [-0.1, -0.05) is 26.0 Å². The van der Waals surface area contributed by atoms with Crippen LogP contribution >= 0.6 is 0 Å². The molecular weight excluding hydrogens is 266 g/mol. The van der Waals surface area contributed by atoms with Crippen molar-refractivity contribution in [3.8, 4) is 0 Å². The summed E-state index contributed by atoms with van der Waals surface area (Å²) in [6.45, 7) is 4.17. The molecule has 2 amide bonds. The molecule has 1 aromatic heterocycles. The van der Waals surface area contributed by atoms with Gasteiger partial charge in [-0.2, -0.15) is 0 Å². The molecule has 2 rings (SSSR count). The molecule has 0 saturated carbocycles. The minimum atomic E-state index is -0.407. The zero-order chi connectivity index (χ0) is 15.2. The number of aromatic nitrogens is 1. The van der Waals surface area contributed by atoms with E-state index in [9.17, 15) is 9.59 Å². The van der Waals surface area contributed by atoms with Crippen molar-refractivity contribution in [3.63, 3.8) is 0 Å². The highest BCUT2D eigenvalue weighted by Crippen LogP contribution is 2.14. The molecule has 0 fully saturated rings. The van der Waals surface area contributed by atoms with Crippen molar-refractivity contribution in [2.75, 3.05) is 0 Å². The van der Waals surface area contributed by atoms with Crippen molar-refractivity contribution in [2.24, 2.45) is 0 Å². The lowest BCUT2D eigenvalue weighted by atomic mass is 10.0. The summed E-state index contributed by atoms with van der Waals surface area (Å²) in [7, 11) is 0. The smallest absolute Gasteiger partial charge is 0.267 e. The normalized spacial score (nSPS) is 10.2. The zero-order valence-electron chi connectivity index (χ0n) is 12.0. The molecule has 2 aromatic rings. The summed E-state index contributed by atoms with van der Waals surface area (Å²) in [5, 5.41) is 0. The average Bonchev–Trinajstić information content (AvgIpc) is 2.53. The number of hydrazine groups is 1. The lowest BCUT2D eigenvalue weighted by Crippen LogP contribution is -2.41. The Kier molecular flexibility index (Phi) is 4.66. The number of carbonyl (C=O) groups is 2. The van der Waals surface area contributed by atoms with E-state index in [2.05, 4.69) is 29.7 Å². The summed E-state index contributed by atoms with van der Waals surface area (Å²) < 4.78 is 0. The van der Waals surface area contributed by atoms with Crippen molar-refractivity contribution in [2.45, 2.75) is 19.8 Å². The van der Waals surface area contributed by atoms with Crippen LogP contribution in [-0.2, 0) is 0 Å². The van der Waals surface area contributed by atoms with Crippen LogP contribution in [0.2, 0.25) is 0 Å². The number of pyridine rings is 1. The van der Waals surface area contributed by atoms with E-state index >= 15 is 0 Å². The number of hydrogen-bond acceptors (Lipinski definition) is 3. The Balaban J connectivity index is 1.94. The molecule has 0 bridgehead atoms. The number of hydrogen-bond donors (Lipinski definition) is 2. The average molecular weight is 283 g/mol. The molecule has 108 valence electrons. The topological polar surface area (TPSA) is 71.1 Å². The van der Waals surface area contributed by atoms with E-state index in [4.69, 9.17) is 0 Å². The first-order valence-corrected chi connectivity index (χ1v) is 6.68. The third-order valence-corrected chi connectivity index (χ3v) is 3.05. The van der Waals surface area contributed by atoms with Crippen LogP contribution in [-0.4, -0.2) is 16.8 Å². The number of amides is 2. The van der Waals surface area contributed by atoms with Crippen LogP contribution in [0.5, 0.6) is 0 Å².